The number of likely N-dealkylation sites (tertiary alicyclic amines) is 1. The van der Waals surface area contributed by atoms with Crippen molar-refractivity contribution >= 4 is 5.96 Å². The quantitative estimate of drug-likeness (QED) is 0.584. The summed E-state index contributed by atoms with van der Waals surface area (Å²) in [5, 5.41) is 6.83. The van der Waals surface area contributed by atoms with E-state index >= 15 is 0 Å². The van der Waals surface area contributed by atoms with E-state index in [-0.39, 0.29) is 0 Å². The van der Waals surface area contributed by atoms with Gasteiger partial charge in [0.1, 0.15) is 0 Å². The normalized spacial score (nSPS) is 18.7. The second-order valence-corrected chi connectivity index (χ2v) is 6.40. The molecule has 0 spiro atoms. The zero-order chi connectivity index (χ0) is 18.1. The van der Waals surface area contributed by atoms with Gasteiger partial charge in [-0.25, -0.2) is 0 Å². The van der Waals surface area contributed by atoms with Crippen LogP contribution < -0.4 is 20.1 Å². The van der Waals surface area contributed by atoms with Gasteiger partial charge in [0.05, 0.1) is 14.2 Å². The molecule has 1 saturated heterocycles. The van der Waals surface area contributed by atoms with Gasteiger partial charge in [0.15, 0.2) is 17.5 Å². The third-order valence-electron chi connectivity index (χ3n) is 4.74. The molecule has 1 heterocycles. The third-order valence-corrected chi connectivity index (χ3v) is 4.74. The lowest BCUT2D eigenvalue weighted by Crippen LogP contribution is -2.44. The standard InChI is InChI=1S/C19H32N4O2/c1-5-23-10-6-7-16(14-23)13-22-19(20-2)21-12-15-8-9-17(24-3)18(11-15)25-4/h8-9,11,16H,5-7,10,12-14H2,1-4H3,(H2,20,21,22). The van der Waals surface area contributed by atoms with Crippen molar-refractivity contribution in [3.05, 3.63) is 23.8 Å². The molecular formula is C19H32N4O2. The molecule has 0 aliphatic carbocycles. The molecular weight excluding hydrogens is 316 g/mol. The van der Waals surface area contributed by atoms with Crippen molar-refractivity contribution < 1.29 is 9.47 Å². The van der Waals surface area contributed by atoms with Crippen molar-refractivity contribution in [3.63, 3.8) is 0 Å². The number of piperidine rings is 1. The van der Waals surface area contributed by atoms with Crippen LogP contribution in [0, 0.1) is 5.92 Å². The van der Waals surface area contributed by atoms with Gasteiger partial charge in [0, 0.05) is 26.7 Å². The minimum atomic E-state index is 0.686. The first kappa shape index (κ1) is 19.4. The first-order valence-electron chi connectivity index (χ1n) is 9.07. The van der Waals surface area contributed by atoms with Crippen LogP contribution >= 0.6 is 0 Å². The maximum absolute atomic E-state index is 5.35. The number of methoxy groups -OCH3 is 2. The van der Waals surface area contributed by atoms with Crippen LogP contribution in [0.25, 0.3) is 0 Å². The molecule has 1 aliphatic rings. The molecule has 6 nitrogen and oxygen atoms in total. The number of hydrogen-bond acceptors (Lipinski definition) is 4. The summed E-state index contributed by atoms with van der Waals surface area (Å²) in [6.07, 6.45) is 2.58. The summed E-state index contributed by atoms with van der Waals surface area (Å²) in [5.74, 6) is 3.01. The summed E-state index contributed by atoms with van der Waals surface area (Å²) in [5.41, 5.74) is 1.12. The van der Waals surface area contributed by atoms with Crippen LogP contribution in [0.4, 0.5) is 0 Å². The van der Waals surface area contributed by atoms with Crippen LogP contribution in [0.2, 0.25) is 0 Å². The number of nitrogens with zero attached hydrogens (tertiary/aromatic N) is 2. The number of ether oxygens (including phenoxy) is 2. The second-order valence-electron chi connectivity index (χ2n) is 6.40. The number of rotatable bonds is 7. The van der Waals surface area contributed by atoms with Gasteiger partial charge in [-0.1, -0.05) is 13.0 Å². The molecule has 2 N–H and O–H groups in total. The number of aliphatic imine (C=N–C) groups is 1. The molecule has 0 saturated carbocycles. The Hall–Kier alpha value is -1.95. The highest BCUT2D eigenvalue weighted by molar-refractivity contribution is 5.79. The lowest BCUT2D eigenvalue weighted by atomic mass is 9.98. The fourth-order valence-electron chi connectivity index (χ4n) is 3.24. The highest BCUT2D eigenvalue weighted by Crippen LogP contribution is 2.27. The van der Waals surface area contributed by atoms with E-state index in [1.807, 2.05) is 25.2 Å². The first-order valence-corrected chi connectivity index (χ1v) is 9.07. The molecule has 25 heavy (non-hydrogen) atoms. The lowest BCUT2D eigenvalue weighted by molar-refractivity contribution is 0.183. The summed E-state index contributed by atoms with van der Waals surface area (Å²) in [6.45, 7) is 7.44. The molecule has 2 rings (SSSR count). The summed E-state index contributed by atoms with van der Waals surface area (Å²) in [6, 6.07) is 5.94. The zero-order valence-corrected chi connectivity index (χ0v) is 16.0. The van der Waals surface area contributed by atoms with Crippen LogP contribution in [0.1, 0.15) is 25.3 Å². The molecule has 1 fully saturated rings. The van der Waals surface area contributed by atoms with Gasteiger partial charge < -0.3 is 25.0 Å². The van der Waals surface area contributed by atoms with E-state index in [1.165, 1.54) is 25.9 Å². The van der Waals surface area contributed by atoms with Crippen LogP contribution in [-0.2, 0) is 6.54 Å². The summed E-state index contributed by atoms with van der Waals surface area (Å²) < 4.78 is 10.6. The van der Waals surface area contributed by atoms with Crippen molar-refractivity contribution in [1.29, 1.82) is 0 Å². The van der Waals surface area contributed by atoms with Crippen molar-refractivity contribution in [3.8, 4) is 11.5 Å². The van der Waals surface area contributed by atoms with E-state index in [4.69, 9.17) is 9.47 Å². The van der Waals surface area contributed by atoms with Gasteiger partial charge in [-0.3, -0.25) is 4.99 Å². The van der Waals surface area contributed by atoms with E-state index in [9.17, 15) is 0 Å². The van der Waals surface area contributed by atoms with Gasteiger partial charge >= 0.3 is 0 Å². The molecule has 1 aliphatic heterocycles. The van der Waals surface area contributed by atoms with Gasteiger partial charge in [-0.2, -0.15) is 0 Å². The van der Waals surface area contributed by atoms with E-state index in [0.717, 1.165) is 36.1 Å². The highest BCUT2D eigenvalue weighted by Gasteiger charge is 2.18. The van der Waals surface area contributed by atoms with Crippen molar-refractivity contribution in [2.75, 3.05) is 47.4 Å². The van der Waals surface area contributed by atoms with Crippen LogP contribution in [-0.4, -0.2) is 58.3 Å². The number of benzene rings is 1. The summed E-state index contributed by atoms with van der Waals surface area (Å²) in [4.78, 5) is 6.85. The Morgan fingerprint density at radius 3 is 2.72 bits per heavy atom. The Morgan fingerprint density at radius 1 is 1.24 bits per heavy atom. The molecule has 6 heteroatoms. The van der Waals surface area contributed by atoms with E-state index in [1.54, 1.807) is 14.2 Å². The number of guanidine groups is 1. The van der Waals surface area contributed by atoms with E-state index in [2.05, 4.69) is 27.4 Å². The Balaban J connectivity index is 1.82. The number of nitrogens with one attached hydrogen (secondary N) is 2. The summed E-state index contributed by atoms with van der Waals surface area (Å²) >= 11 is 0. The number of hydrogen-bond donors (Lipinski definition) is 2. The van der Waals surface area contributed by atoms with Gasteiger partial charge in [-0.15, -0.1) is 0 Å². The zero-order valence-electron chi connectivity index (χ0n) is 16.0. The highest BCUT2D eigenvalue weighted by atomic mass is 16.5. The molecule has 1 atom stereocenters. The van der Waals surface area contributed by atoms with Crippen molar-refractivity contribution in [2.24, 2.45) is 10.9 Å². The van der Waals surface area contributed by atoms with Crippen molar-refractivity contribution in [1.82, 2.24) is 15.5 Å². The molecule has 0 aromatic heterocycles. The average molecular weight is 348 g/mol. The van der Waals surface area contributed by atoms with Gasteiger partial charge in [-0.05, 0) is 49.5 Å². The SMILES string of the molecule is CCN1CCCC(CNC(=NC)NCc2ccc(OC)c(OC)c2)C1. The Bertz CT molecular complexity index is 562. The predicted molar refractivity (Wildman–Crippen MR) is 103 cm³/mol. The average Bonchev–Trinajstić information content (AvgIpc) is 2.68. The molecule has 1 aromatic carbocycles. The maximum atomic E-state index is 5.35. The Morgan fingerprint density at radius 2 is 2.04 bits per heavy atom. The maximum Gasteiger partial charge on any atom is 0.191 e. The fraction of sp³-hybridized carbons (Fsp3) is 0.632. The van der Waals surface area contributed by atoms with Crippen LogP contribution in [0.5, 0.6) is 11.5 Å². The third kappa shape index (κ3) is 5.81. The van der Waals surface area contributed by atoms with Gasteiger partial charge in [0.25, 0.3) is 0 Å². The predicted octanol–water partition coefficient (Wildman–Crippen LogP) is 2.10. The van der Waals surface area contributed by atoms with Crippen molar-refractivity contribution in [2.45, 2.75) is 26.3 Å². The minimum Gasteiger partial charge on any atom is -0.493 e. The minimum absolute atomic E-state index is 0.686. The van der Waals surface area contributed by atoms with Crippen LogP contribution in [0.3, 0.4) is 0 Å². The van der Waals surface area contributed by atoms with E-state index in [0.29, 0.717) is 12.5 Å². The fourth-order valence-corrected chi connectivity index (χ4v) is 3.24. The molecule has 1 unspecified atom stereocenters. The molecule has 0 bridgehead atoms. The van der Waals surface area contributed by atoms with Crippen LogP contribution in [0.15, 0.2) is 23.2 Å². The van der Waals surface area contributed by atoms with Gasteiger partial charge in [0.2, 0.25) is 0 Å². The second kappa shape index (κ2) is 10.1. The molecule has 0 radical (unpaired) electrons. The Kier molecular flexibility index (Phi) is 7.85. The molecule has 0 amide bonds. The topological polar surface area (TPSA) is 58.1 Å². The molecule has 140 valence electrons. The first-order chi connectivity index (χ1) is 12.2. The monoisotopic (exact) mass is 348 g/mol. The van der Waals surface area contributed by atoms with E-state index < -0.39 is 0 Å². The summed E-state index contributed by atoms with van der Waals surface area (Å²) in [7, 11) is 5.11. The Labute approximate surface area is 151 Å². The smallest absolute Gasteiger partial charge is 0.191 e. The molecule has 1 aromatic rings. The lowest BCUT2D eigenvalue weighted by Gasteiger charge is -2.32. The largest absolute Gasteiger partial charge is 0.493 e.